The van der Waals surface area contributed by atoms with Crippen LogP contribution < -0.4 is 0 Å². The van der Waals surface area contributed by atoms with Gasteiger partial charge in [-0.05, 0) is 118 Å². The summed E-state index contributed by atoms with van der Waals surface area (Å²) in [5.74, 6) is 0.685. The zero-order chi connectivity index (χ0) is 42.6. The first-order valence-electron chi connectivity index (χ1n) is 22.3. The Balaban J connectivity index is 1.08. The summed E-state index contributed by atoms with van der Waals surface area (Å²) in [6, 6.07) is 81.6. The third kappa shape index (κ3) is 5.43. The van der Waals surface area contributed by atoms with Gasteiger partial charge in [0, 0.05) is 33.2 Å². The molecule has 3 nitrogen and oxygen atoms in total. The highest BCUT2D eigenvalue weighted by molar-refractivity contribution is 6.37. The smallest absolute Gasteiger partial charge is 0.160 e. The maximum absolute atomic E-state index is 5.51. The number of hydrogen-bond acceptors (Lipinski definition) is 2. The minimum absolute atomic E-state index is 0.685. The molecule has 300 valence electrons. The van der Waals surface area contributed by atoms with Crippen molar-refractivity contribution in [2.24, 2.45) is 0 Å². The van der Waals surface area contributed by atoms with Gasteiger partial charge in [-0.25, -0.2) is 9.97 Å². The van der Waals surface area contributed by atoms with Crippen molar-refractivity contribution in [3.63, 3.8) is 0 Å². The van der Waals surface area contributed by atoms with E-state index >= 15 is 0 Å². The number of fused-ring (bicyclic) bond motifs is 5. The molecule has 3 heteroatoms. The number of nitrogens with zero attached hydrogens (tertiary/aromatic N) is 3. The summed E-state index contributed by atoms with van der Waals surface area (Å²) in [6.07, 6.45) is 0. The van der Waals surface area contributed by atoms with Crippen LogP contribution in [0, 0.1) is 0 Å². The maximum Gasteiger partial charge on any atom is 0.160 e. The summed E-state index contributed by atoms with van der Waals surface area (Å²) in [4.78, 5) is 11.0. The molecule has 0 radical (unpaired) electrons. The Bertz CT molecular complexity index is 4200. The molecule has 0 fully saturated rings. The van der Waals surface area contributed by atoms with E-state index in [0.29, 0.717) is 5.82 Å². The fourth-order valence-corrected chi connectivity index (χ4v) is 10.8. The maximum atomic E-state index is 5.51. The molecule has 0 bridgehead atoms. The van der Waals surface area contributed by atoms with Crippen LogP contribution in [0.1, 0.15) is 0 Å². The molecule has 0 atom stereocenters. The molecule has 0 saturated carbocycles. The van der Waals surface area contributed by atoms with Crippen LogP contribution in [0.15, 0.2) is 224 Å². The summed E-state index contributed by atoms with van der Waals surface area (Å²) >= 11 is 0. The van der Waals surface area contributed by atoms with E-state index in [1.165, 1.54) is 81.0 Å². The van der Waals surface area contributed by atoms with Crippen molar-refractivity contribution < 1.29 is 0 Å². The second-order valence-electron chi connectivity index (χ2n) is 17.3. The molecule has 14 rings (SSSR count). The second-order valence-corrected chi connectivity index (χ2v) is 17.3. The van der Waals surface area contributed by atoms with Gasteiger partial charge in [0.05, 0.1) is 22.4 Å². The third-order valence-electron chi connectivity index (χ3n) is 13.7. The Morgan fingerprint density at radius 3 is 1.48 bits per heavy atom. The molecule has 0 N–H and O–H groups in total. The van der Waals surface area contributed by atoms with Crippen molar-refractivity contribution in [2.75, 3.05) is 0 Å². The minimum atomic E-state index is 0.685. The van der Waals surface area contributed by atoms with Crippen LogP contribution in [0.25, 0.3) is 137 Å². The summed E-state index contributed by atoms with van der Waals surface area (Å²) < 4.78 is 2.37. The SMILES string of the molecule is c1ccc(-c2ccc(-c3nc(-c4cc5ccc6cccc7c8cccc9ccc%10cccc(c(c4)c5c67)c%10c98)cc(-c4cccc5c4c4ccccc4n5-c4ccccc4)n3)cc2)cc1. The van der Waals surface area contributed by atoms with E-state index in [-0.39, 0.29) is 0 Å². The molecule has 0 saturated heterocycles. The average molecular weight is 824 g/mol. The molecule has 2 aromatic heterocycles. The van der Waals surface area contributed by atoms with Gasteiger partial charge in [0.15, 0.2) is 5.82 Å². The largest absolute Gasteiger partial charge is 0.309 e. The summed E-state index contributed by atoms with van der Waals surface area (Å²) in [7, 11) is 0. The topological polar surface area (TPSA) is 30.7 Å². The summed E-state index contributed by atoms with van der Waals surface area (Å²) in [5, 5.41) is 17.4. The molecule has 0 spiro atoms. The molecular formula is C62H37N3. The summed E-state index contributed by atoms with van der Waals surface area (Å²) in [6.45, 7) is 0. The van der Waals surface area contributed by atoms with E-state index in [4.69, 9.17) is 9.97 Å². The van der Waals surface area contributed by atoms with E-state index in [1.807, 2.05) is 0 Å². The van der Waals surface area contributed by atoms with Gasteiger partial charge in [-0.15, -0.1) is 0 Å². The Labute approximate surface area is 374 Å². The lowest BCUT2D eigenvalue weighted by Crippen LogP contribution is -1.97. The lowest BCUT2D eigenvalue weighted by atomic mass is 9.87. The molecule has 12 aromatic carbocycles. The highest BCUT2D eigenvalue weighted by atomic mass is 15.0. The molecule has 65 heavy (non-hydrogen) atoms. The Hall–Kier alpha value is -8.66. The van der Waals surface area contributed by atoms with Crippen LogP contribution in [-0.4, -0.2) is 14.5 Å². The number of aromatic nitrogens is 3. The molecule has 2 heterocycles. The van der Waals surface area contributed by atoms with E-state index in [2.05, 4.69) is 229 Å². The first kappa shape index (κ1) is 35.9. The Morgan fingerprint density at radius 2 is 0.785 bits per heavy atom. The third-order valence-corrected chi connectivity index (χ3v) is 13.7. The number of hydrogen-bond donors (Lipinski definition) is 0. The summed E-state index contributed by atoms with van der Waals surface area (Å²) in [5.41, 5.74) is 10.6. The normalized spacial score (nSPS) is 12.0. The van der Waals surface area contributed by atoms with Gasteiger partial charge in [0.2, 0.25) is 0 Å². The second kappa shape index (κ2) is 13.9. The molecular weight excluding hydrogens is 787 g/mol. The van der Waals surface area contributed by atoms with E-state index in [1.54, 1.807) is 0 Å². The Kier molecular flexibility index (Phi) is 7.69. The first-order valence-corrected chi connectivity index (χ1v) is 22.3. The van der Waals surface area contributed by atoms with Crippen LogP contribution in [0.3, 0.4) is 0 Å². The molecule has 0 unspecified atom stereocenters. The van der Waals surface area contributed by atoms with Crippen molar-refractivity contribution >= 4 is 86.4 Å². The van der Waals surface area contributed by atoms with Crippen LogP contribution in [-0.2, 0) is 0 Å². The van der Waals surface area contributed by atoms with Crippen LogP contribution in [0.2, 0.25) is 0 Å². The van der Waals surface area contributed by atoms with Gasteiger partial charge in [-0.1, -0.05) is 182 Å². The lowest BCUT2D eigenvalue weighted by Gasteiger charge is -2.17. The molecule has 0 aliphatic rings. The van der Waals surface area contributed by atoms with E-state index in [0.717, 1.165) is 50.4 Å². The van der Waals surface area contributed by atoms with E-state index in [9.17, 15) is 0 Å². The molecule has 14 aromatic rings. The minimum Gasteiger partial charge on any atom is -0.309 e. The molecule has 0 aliphatic heterocycles. The first-order chi connectivity index (χ1) is 32.2. The fourth-order valence-electron chi connectivity index (χ4n) is 10.8. The van der Waals surface area contributed by atoms with Gasteiger partial charge in [-0.2, -0.15) is 0 Å². The van der Waals surface area contributed by atoms with Gasteiger partial charge >= 0.3 is 0 Å². The zero-order valence-electron chi connectivity index (χ0n) is 35.2. The highest BCUT2D eigenvalue weighted by Gasteiger charge is 2.21. The number of para-hydroxylation sites is 2. The van der Waals surface area contributed by atoms with Crippen LogP contribution >= 0.6 is 0 Å². The molecule has 0 amide bonds. The number of benzene rings is 11. The van der Waals surface area contributed by atoms with Gasteiger partial charge in [0.25, 0.3) is 0 Å². The highest BCUT2D eigenvalue weighted by Crippen LogP contribution is 2.45. The van der Waals surface area contributed by atoms with Crippen molar-refractivity contribution in [2.45, 2.75) is 0 Å². The fraction of sp³-hybridized carbons (Fsp3) is 0. The standard InChI is InChI=1S/C62H37N3/c1-3-13-38(14-4-1)39-27-32-43(33-28-39)62-63-53(37-54(64-62)50-24-12-26-56-61(50)51-20-7-8-25-55(51)65(56)46-18-5-2-6-19-46)45-35-44-34-31-42-16-10-22-48-47-21-9-15-40-29-30-41-17-11-23-49(59(41)57(40)47)52(36-45)60(44)58(42)48/h1-37H. The quantitative estimate of drug-likeness (QED) is 0.162. The Morgan fingerprint density at radius 1 is 0.277 bits per heavy atom. The average Bonchev–Trinajstić information content (AvgIpc) is 3.72. The zero-order valence-corrected chi connectivity index (χ0v) is 35.2. The monoisotopic (exact) mass is 823 g/mol. The van der Waals surface area contributed by atoms with Crippen molar-refractivity contribution in [3.05, 3.63) is 224 Å². The predicted octanol–water partition coefficient (Wildman–Crippen LogP) is 16.6. The van der Waals surface area contributed by atoms with Crippen LogP contribution in [0.4, 0.5) is 0 Å². The van der Waals surface area contributed by atoms with Gasteiger partial charge in [-0.3, -0.25) is 0 Å². The van der Waals surface area contributed by atoms with E-state index < -0.39 is 0 Å². The van der Waals surface area contributed by atoms with Crippen molar-refractivity contribution in [3.8, 4) is 50.7 Å². The number of rotatable bonds is 5. The van der Waals surface area contributed by atoms with Crippen molar-refractivity contribution in [1.82, 2.24) is 14.5 Å². The van der Waals surface area contributed by atoms with Gasteiger partial charge < -0.3 is 4.57 Å². The van der Waals surface area contributed by atoms with Crippen molar-refractivity contribution in [1.29, 1.82) is 0 Å². The van der Waals surface area contributed by atoms with Crippen LogP contribution in [0.5, 0.6) is 0 Å². The lowest BCUT2D eigenvalue weighted by molar-refractivity contribution is 1.18. The molecule has 0 aliphatic carbocycles. The van der Waals surface area contributed by atoms with Gasteiger partial charge in [0.1, 0.15) is 0 Å². The predicted molar refractivity (Wildman–Crippen MR) is 274 cm³/mol.